The number of aryl methyl sites for hydroxylation is 1. The summed E-state index contributed by atoms with van der Waals surface area (Å²) in [6.45, 7) is 2.06. The zero-order valence-electron chi connectivity index (χ0n) is 17.3. The number of imide groups is 1. The first-order chi connectivity index (χ1) is 14.1. The standard InChI is InChI=1S/C21H33N5O2S/c1-13(17-11-15-6-8-16(17)10-15)22-20(28)24-19(27)12-29-21-23-18(25-26-21)9-7-14-4-2-3-5-14/h13-17H,2-12H2,1H3,(H,23,25,26)(H2,22,24,27,28). The minimum atomic E-state index is -0.391. The number of carbonyl (C=O) groups is 2. The molecular formula is C21H33N5O2S. The van der Waals surface area contributed by atoms with E-state index in [1.165, 1.54) is 63.1 Å². The molecule has 3 aliphatic carbocycles. The van der Waals surface area contributed by atoms with Gasteiger partial charge in [-0.05, 0) is 56.3 Å². The molecule has 29 heavy (non-hydrogen) atoms. The van der Waals surface area contributed by atoms with Crippen LogP contribution in [0.15, 0.2) is 5.16 Å². The van der Waals surface area contributed by atoms with Crippen molar-refractivity contribution in [3.05, 3.63) is 5.82 Å². The predicted octanol–water partition coefficient (Wildman–Crippen LogP) is 3.67. The molecular weight excluding hydrogens is 386 g/mol. The fraction of sp³-hybridized carbons (Fsp3) is 0.810. The molecule has 3 saturated carbocycles. The van der Waals surface area contributed by atoms with Gasteiger partial charge in [0.25, 0.3) is 0 Å². The second-order valence-corrected chi connectivity index (χ2v) is 10.1. The second kappa shape index (κ2) is 9.49. The van der Waals surface area contributed by atoms with Gasteiger partial charge in [-0.1, -0.05) is 43.9 Å². The Morgan fingerprint density at radius 1 is 1.21 bits per heavy atom. The first-order valence-electron chi connectivity index (χ1n) is 11.2. The molecule has 160 valence electrons. The van der Waals surface area contributed by atoms with Crippen molar-refractivity contribution in [2.24, 2.45) is 23.7 Å². The fourth-order valence-electron chi connectivity index (χ4n) is 5.64. The molecule has 3 amide bonds. The Morgan fingerprint density at radius 3 is 2.76 bits per heavy atom. The maximum absolute atomic E-state index is 12.2. The lowest BCUT2D eigenvalue weighted by Gasteiger charge is -2.28. The number of aromatic amines is 1. The highest BCUT2D eigenvalue weighted by molar-refractivity contribution is 7.99. The lowest BCUT2D eigenvalue weighted by Crippen LogP contribution is -2.47. The quantitative estimate of drug-likeness (QED) is 0.558. The monoisotopic (exact) mass is 419 g/mol. The number of H-pyrrole nitrogens is 1. The number of hydrogen-bond donors (Lipinski definition) is 3. The molecule has 8 heteroatoms. The number of aromatic nitrogens is 3. The van der Waals surface area contributed by atoms with Crippen molar-refractivity contribution < 1.29 is 9.59 Å². The minimum absolute atomic E-state index is 0.112. The lowest BCUT2D eigenvalue weighted by molar-refractivity contribution is -0.117. The van der Waals surface area contributed by atoms with Crippen molar-refractivity contribution in [1.29, 1.82) is 0 Å². The number of thioether (sulfide) groups is 1. The van der Waals surface area contributed by atoms with Crippen LogP contribution < -0.4 is 10.6 Å². The number of nitrogens with one attached hydrogen (secondary N) is 3. The summed E-state index contributed by atoms with van der Waals surface area (Å²) in [7, 11) is 0. The molecule has 1 heterocycles. The molecule has 7 nitrogen and oxygen atoms in total. The van der Waals surface area contributed by atoms with E-state index < -0.39 is 6.03 Å². The van der Waals surface area contributed by atoms with E-state index in [1.54, 1.807) is 0 Å². The average molecular weight is 420 g/mol. The first-order valence-corrected chi connectivity index (χ1v) is 12.2. The SMILES string of the molecule is CC(NC(=O)NC(=O)CSc1n[nH]c(CCC2CCCC2)n1)C1CC2CCC1C2. The minimum Gasteiger partial charge on any atom is -0.335 e. The number of hydrogen-bond acceptors (Lipinski definition) is 5. The highest BCUT2D eigenvalue weighted by Crippen LogP contribution is 2.49. The van der Waals surface area contributed by atoms with Crippen LogP contribution >= 0.6 is 11.8 Å². The summed E-state index contributed by atoms with van der Waals surface area (Å²) in [5, 5.41) is 13.1. The Kier molecular flexibility index (Phi) is 6.77. The van der Waals surface area contributed by atoms with E-state index in [0.29, 0.717) is 11.1 Å². The zero-order valence-corrected chi connectivity index (χ0v) is 18.1. The van der Waals surface area contributed by atoms with Gasteiger partial charge in [-0.3, -0.25) is 15.2 Å². The summed E-state index contributed by atoms with van der Waals surface area (Å²) < 4.78 is 0. The van der Waals surface area contributed by atoms with Crippen LogP contribution in [0.5, 0.6) is 0 Å². The summed E-state index contributed by atoms with van der Waals surface area (Å²) in [5.41, 5.74) is 0. The van der Waals surface area contributed by atoms with Gasteiger partial charge < -0.3 is 5.32 Å². The topological polar surface area (TPSA) is 99.8 Å². The Morgan fingerprint density at radius 2 is 2.03 bits per heavy atom. The zero-order chi connectivity index (χ0) is 20.2. The molecule has 0 aromatic carbocycles. The predicted molar refractivity (Wildman–Crippen MR) is 112 cm³/mol. The Hall–Kier alpha value is -1.57. The third kappa shape index (κ3) is 5.53. The van der Waals surface area contributed by atoms with Crippen molar-refractivity contribution in [2.45, 2.75) is 82.3 Å². The maximum Gasteiger partial charge on any atom is 0.321 e. The van der Waals surface area contributed by atoms with Crippen molar-refractivity contribution in [3.63, 3.8) is 0 Å². The van der Waals surface area contributed by atoms with Crippen LogP contribution in [-0.4, -0.2) is 38.9 Å². The first kappa shape index (κ1) is 20.7. The largest absolute Gasteiger partial charge is 0.335 e. The molecule has 1 aromatic heterocycles. The van der Waals surface area contributed by atoms with Crippen LogP contribution in [0.4, 0.5) is 4.79 Å². The van der Waals surface area contributed by atoms with E-state index >= 15 is 0 Å². The van der Waals surface area contributed by atoms with Crippen LogP contribution in [0.3, 0.4) is 0 Å². The summed E-state index contributed by atoms with van der Waals surface area (Å²) in [6.07, 6.45) is 12.6. The second-order valence-electron chi connectivity index (χ2n) is 9.19. The third-order valence-electron chi connectivity index (χ3n) is 7.15. The van der Waals surface area contributed by atoms with Crippen LogP contribution in [0.25, 0.3) is 0 Å². The van der Waals surface area contributed by atoms with Crippen LogP contribution in [0.2, 0.25) is 0 Å². The van der Waals surface area contributed by atoms with E-state index in [0.717, 1.165) is 36.4 Å². The summed E-state index contributed by atoms with van der Waals surface area (Å²) in [6, 6.07) is -0.278. The van der Waals surface area contributed by atoms with Gasteiger partial charge in [-0.25, -0.2) is 9.78 Å². The van der Waals surface area contributed by atoms with E-state index in [4.69, 9.17) is 0 Å². The number of fused-ring (bicyclic) bond motifs is 2. The van der Waals surface area contributed by atoms with Crippen LogP contribution in [-0.2, 0) is 11.2 Å². The lowest BCUT2D eigenvalue weighted by atomic mass is 9.84. The number of urea groups is 1. The summed E-state index contributed by atoms with van der Waals surface area (Å²) in [4.78, 5) is 28.7. The molecule has 3 fully saturated rings. The van der Waals surface area contributed by atoms with Crippen LogP contribution in [0, 0.1) is 23.7 Å². The van der Waals surface area contributed by atoms with E-state index in [-0.39, 0.29) is 17.7 Å². The van der Waals surface area contributed by atoms with Gasteiger partial charge in [-0.15, -0.1) is 5.10 Å². The van der Waals surface area contributed by atoms with Gasteiger partial charge in [0, 0.05) is 12.5 Å². The molecule has 4 unspecified atom stereocenters. The van der Waals surface area contributed by atoms with Gasteiger partial charge in [0.2, 0.25) is 11.1 Å². The van der Waals surface area contributed by atoms with Crippen molar-refractivity contribution >= 4 is 23.7 Å². The maximum atomic E-state index is 12.2. The highest BCUT2D eigenvalue weighted by atomic mass is 32.2. The van der Waals surface area contributed by atoms with Gasteiger partial charge in [0.05, 0.1) is 5.75 Å². The Labute approximate surface area is 177 Å². The van der Waals surface area contributed by atoms with E-state index in [1.807, 2.05) is 0 Å². The van der Waals surface area contributed by atoms with Gasteiger partial charge in [0.1, 0.15) is 5.82 Å². The van der Waals surface area contributed by atoms with Crippen molar-refractivity contribution in [1.82, 2.24) is 25.8 Å². The molecule has 1 aromatic rings. The summed E-state index contributed by atoms with van der Waals surface area (Å²) in [5.74, 6) is 3.68. The molecule has 0 radical (unpaired) electrons. The number of nitrogens with zero attached hydrogens (tertiary/aromatic N) is 2. The molecule has 3 aliphatic rings. The molecule has 4 atom stereocenters. The van der Waals surface area contributed by atoms with Crippen molar-refractivity contribution in [3.8, 4) is 0 Å². The third-order valence-corrected chi connectivity index (χ3v) is 8.00. The fourth-order valence-corrected chi connectivity index (χ4v) is 6.26. The molecule has 0 spiro atoms. The van der Waals surface area contributed by atoms with E-state index in [2.05, 4.69) is 32.7 Å². The number of carbonyl (C=O) groups excluding carboxylic acids is 2. The van der Waals surface area contributed by atoms with E-state index in [9.17, 15) is 9.59 Å². The average Bonchev–Trinajstić information content (AvgIpc) is 3.50. The molecule has 2 bridgehead atoms. The summed E-state index contributed by atoms with van der Waals surface area (Å²) >= 11 is 1.26. The molecule has 3 N–H and O–H groups in total. The highest BCUT2D eigenvalue weighted by Gasteiger charge is 2.42. The Bertz CT molecular complexity index is 718. The normalized spacial score (nSPS) is 27.3. The Balaban J connectivity index is 1.14. The number of rotatable bonds is 8. The van der Waals surface area contributed by atoms with Gasteiger partial charge in [0.15, 0.2) is 0 Å². The van der Waals surface area contributed by atoms with Gasteiger partial charge in [-0.2, -0.15) is 0 Å². The molecule has 0 saturated heterocycles. The van der Waals surface area contributed by atoms with Gasteiger partial charge >= 0.3 is 6.03 Å². The smallest absolute Gasteiger partial charge is 0.321 e. The molecule has 0 aliphatic heterocycles. The molecule has 4 rings (SSSR count). The number of amides is 3. The van der Waals surface area contributed by atoms with Crippen LogP contribution in [0.1, 0.15) is 70.5 Å². The van der Waals surface area contributed by atoms with Crippen molar-refractivity contribution in [2.75, 3.05) is 5.75 Å².